The number of pyridine rings is 1. The number of aromatic nitrogens is 1. The summed E-state index contributed by atoms with van der Waals surface area (Å²) >= 11 is 0. The average Bonchev–Trinajstić information content (AvgIpc) is 3.25. The lowest BCUT2D eigenvalue weighted by atomic mass is 10.1. The number of anilines is 1. The van der Waals surface area contributed by atoms with Crippen LogP contribution in [0.2, 0.25) is 0 Å². The predicted molar refractivity (Wildman–Crippen MR) is 83.7 cm³/mol. The van der Waals surface area contributed by atoms with Gasteiger partial charge >= 0.3 is 0 Å². The van der Waals surface area contributed by atoms with Crippen LogP contribution in [0, 0.1) is 6.92 Å². The summed E-state index contributed by atoms with van der Waals surface area (Å²) in [5.41, 5.74) is 4.83. The minimum absolute atomic E-state index is 0.716. The zero-order valence-electron chi connectivity index (χ0n) is 12.8. The number of hydrogen-bond acceptors (Lipinski definition) is 4. The Labute approximate surface area is 124 Å². The van der Waals surface area contributed by atoms with Crippen molar-refractivity contribution < 1.29 is 9.47 Å². The highest BCUT2D eigenvalue weighted by atomic mass is 16.5. The Balaban J connectivity index is 2.04. The van der Waals surface area contributed by atoms with Crippen LogP contribution in [-0.4, -0.2) is 31.8 Å². The van der Waals surface area contributed by atoms with Crippen molar-refractivity contribution in [1.82, 2.24) is 4.98 Å². The van der Waals surface area contributed by atoms with Crippen molar-refractivity contribution in [2.75, 3.05) is 25.7 Å². The number of rotatable bonds is 3. The van der Waals surface area contributed by atoms with Gasteiger partial charge in [-0.2, -0.15) is 0 Å². The summed E-state index contributed by atoms with van der Waals surface area (Å²) < 4.78 is 11.0. The van der Waals surface area contributed by atoms with E-state index in [0.29, 0.717) is 6.04 Å². The van der Waals surface area contributed by atoms with Gasteiger partial charge in [0.25, 0.3) is 0 Å². The molecule has 2 aromatic rings. The molecule has 1 saturated carbocycles. The Morgan fingerprint density at radius 2 is 2.00 bits per heavy atom. The molecule has 0 N–H and O–H groups in total. The Bertz CT molecular complexity index is 723. The summed E-state index contributed by atoms with van der Waals surface area (Å²) in [5, 5.41) is 1.16. The molecular weight excluding hydrogens is 264 g/mol. The normalized spacial score (nSPS) is 17.2. The minimum atomic E-state index is 0.716. The van der Waals surface area contributed by atoms with Crippen LogP contribution in [0.3, 0.4) is 0 Å². The first-order chi connectivity index (χ1) is 10.2. The second kappa shape index (κ2) is 4.52. The average molecular weight is 284 g/mol. The van der Waals surface area contributed by atoms with E-state index < -0.39 is 0 Å². The third-order valence-corrected chi connectivity index (χ3v) is 4.64. The first-order valence-electron chi connectivity index (χ1n) is 7.54. The van der Waals surface area contributed by atoms with E-state index in [1.807, 2.05) is 6.07 Å². The van der Waals surface area contributed by atoms with E-state index in [2.05, 4.69) is 17.9 Å². The number of nitrogens with zero attached hydrogens (tertiary/aromatic N) is 2. The van der Waals surface area contributed by atoms with Gasteiger partial charge in [0.05, 0.1) is 19.9 Å². The second-order valence-corrected chi connectivity index (χ2v) is 5.92. The summed E-state index contributed by atoms with van der Waals surface area (Å²) in [4.78, 5) is 7.36. The van der Waals surface area contributed by atoms with Crippen LogP contribution in [0.15, 0.2) is 12.1 Å². The molecule has 0 radical (unpaired) electrons. The molecule has 4 nitrogen and oxygen atoms in total. The number of hydrogen-bond donors (Lipinski definition) is 0. The molecule has 1 aromatic heterocycles. The predicted octanol–water partition coefficient (Wildman–Crippen LogP) is 3.09. The van der Waals surface area contributed by atoms with Crippen molar-refractivity contribution in [3.05, 3.63) is 23.4 Å². The summed E-state index contributed by atoms with van der Waals surface area (Å²) in [7, 11) is 3.39. The SMILES string of the molecule is COc1cc(OC)c2nc(C)c3c(c2c1)N(C1CC1)CC3. The molecule has 4 rings (SSSR count). The lowest BCUT2D eigenvalue weighted by molar-refractivity contribution is 0.397. The van der Waals surface area contributed by atoms with Crippen molar-refractivity contribution in [3.8, 4) is 11.5 Å². The smallest absolute Gasteiger partial charge is 0.148 e. The van der Waals surface area contributed by atoms with Gasteiger partial charge in [0.1, 0.15) is 17.0 Å². The number of ether oxygens (including phenoxy) is 2. The Morgan fingerprint density at radius 1 is 1.19 bits per heavy atom. The largest absolute Gasteiger partial charge is 0.497 e. The molecular formula is C17H20N2O2. The van der Waals surface area contributed by atoms with Crippen LogP contribution in [-0.2, 0) is 6.42 Å². The fourth-order valence-corrected chi connectivity index (χ4v) is 3.44. The van der Waals surface area contributed by atoms with Crippen LogP contribution in [0.25, 0.3) is 10.9 Å². The molecule has 1 fully saturated rings. The molecule has 0 unspecified atom stereocenters. The van der Waals surface area contributed by atoms with E-state index in [0.717, 1.165) is 41.1 Å². The topological polar surface area (TPSA) is 34.6 Å². The zero-order valence-corrected chi connectivity index (χ0v) is 12.8. The van der Waals surface area contributed by atoms with Gasteiger partial charge < -0.3 is 14.4 Å². The van der Waals surface area contributed by atoms with Crippen LogP contribution < -0.4 is 14.4 Å². The molecule has 4 heteroatoms. The van der Waals surface area contributed by atoms with Gasteiger partial charge in [0.15, 0.2) is 0 Å². The minimum Gasteiger partial charge on any atom is -0.497 e. The summed E-state index contributed by atoms with van der Waals surface area (Å²) in [5.74, 6) is 1.62. The van der Waals surface area contributed by atoms with Crippen molar-refractivity contribution in [3.63, 3.8) is 0 Å². The molecule has 0 atom stereocenters. The quantitative estimate of drug-likeness (QED) is 0.867. The van der Waals surface area contributed by atoms with Crippen molar-refractivity contribution in [1.29, 1.82) is 0 Å². The van der Waals surface area contributed by atoms with E-state index in [1.54, 1.807) is 14.2 Å². The summed E-state index contributed by atoms with van der Waals surface area (Å²) in [6.07, 6.45) is 3.72. The van der Waals surface area contributed by atoms with E-state index in [9.17, 15) is 0 Å². The van der Waals surface area contributed by atoms with Gasteiger partial charge in [-0.05, 0) is 37.8 Å². The Hall–Kier alpha value is -1.97. The number of benzene rings is 1. The van der Waals surface area contributed by atoms with Crippen LogP contribution in [0.1, 0.15) is 24.1 Å². The van der Waals surface area contributed by atoms with Gasteiger partial charge in [-0.1, -0.05) is 0 Å². The van der Waals surface area contributed by atoms with Crippen molar-refractivity contribution in [2.45, 2.75) is 32.2 Å². The zero-order chi connectivity index (χ0) is 14.6. The first-order valence-corrected chi connectivity index (χ1v) is 7.54. The van der Waals surface area contributed by atoms with E-state index in [-0.39, 0.29) is 0 Å². The standard InChI is InChI=1S/C17H20N2O2/c1-10-13-6-7-19(11-4-5-11)17(13)14-8-12(20-2)9-15(21-3)16(14)18-10/h8-9,11H,4-7H2,1-3H3. The molecule has 2 aliphatic rings. The highest BCUT2D eigenvalue weighted by Gasteiger charge is 2.35. The van der Waals surface area contributed by atoms with Crippen molar-refractivity contribution in [2.24, 2.45) is 0 Å². The van der Waals surface area contributed by atoms with Crippen LogP contribution in [0.5, 0.6) is 11.5 Å². The molecule has 1 aromatic carbocycles. The summed E-state index contributed by atoms with van der Waals surface area (Å²) in [6.45, 7) is 3.22. The maximum absolute atomic E-state index is 5.54. The first kappa shape index (κ1) is 12.7. The lowest BCUT2D eigenvalue weighted by Crippen LogP contribution is -2.22. The molecule has 0 spiro atoms. The van der Waals surface area contributed by atoms with Crippen molar-refractivity contribution >= 4 is 16.6 Å². The second-order valence-electron chi connectivity index (χ2n) is 5.92. The number of methoxy groups -OCH3 is 2. The van der Waals surface area contributed by atoms with E-state index >= 15 is 0 Å². The molecule has 0 bridgehead atoms. The molecule has 21 heavy (non-hydrogen) atoms. The fourth-order valence-electron chi connectivity index (χ4n) is 3.44. The van der Waals surface area contributed by atoms with Gasteiger partial charge in [-0.3, -0.25) is 0 Å². The summed E-state index contributed by atoms with van der Waals surface area (Å²) in [6, 6.07) is 4.73. The maximum atomic E-state index is 5.54. The fraction of sp³-hybridized carbons (Fsp3) is 0.471. The molecule has 0 amide bonds. The van der Waals surface area contributed by atoms with Crippen LogP contribution >= 0.6 is 0 Å². The molecule has 110 valence electrons. The van der Waals surface area contributed by atoms with E-state index in [4.69, 9.17) is 14.5 Å². The Morgan fingerprint density at radius 3 is 2.67 bits per heavy atom. The third kappa shape index (κ3) is 1.85. The van der Waals surface area contributed by atoms with E-state index in [1.165, 1.54) is 24.1 Å². The van der Waals surface area contributed by atoms with Gasteiger partial charge in [0.2, 0.25) is 0 Å². The Kier molecular flexibility index (Phi) is 2.74. The molecule has 1 aliphatic carbocycles. The monoisotopic (exact) mass is 284 g/mol. The highest BCUT2D eigenvalue weighted by molar-refractivity contribution is 5.99. The molecule has 2 heterocycles. The molecule has 0 saturated heterocycles. The molecule has 1 aliphatic heterocycles. The van der Waals surface area contributed by atoms with Gasteiger partial charge in [-0.15, -0.1) is 0 Å². The van der Waals surface area contributed by atoms with Crippen LogP contribution in [0.4, 0.5) is 5.69 Å². The number of fused-ring (bicyclic) bond motifs is 3. The van der Waals surface area contributed by atoms with Gasteiger partial charge in [0, 0.05) is 29.7 Å². The maximum Gasteiger partial charge on any atom is 0.148 e. The van der Waals surface area contributed by atoms with Gasteiger partial charge in [-0.25, -0.2) is 4.98 Å². The number of aryl methyl sites for hydroxylation is 1. The highest BCUT2D eigenvalue weighted by Crippen LogP contribution is 2.45. The third-order valence-electron chi connectivity index (χ3n) is 4.64. The lowest BCUT2D eigenvalue weighted by Gasteiger charge is -2.21.